The van der Waals surface area contributed by atoms with E-state index >= 15 is 0 Å². The minimum atomic E-state index is -0.896. The van der Waals surface area contributed by atoms with Gasteiger partial charge in [-0.1, -0.05) is 12.8 Å². The normalized spacial score (nSPS) is 28.9. The Labute approximate surface area is 114 Å². The predicted molar refractivity (Wildman–Crippen MR) is 71.9 cm³/mol. The van der Waals surface area contributed by atoms with E-state index in [9.17, 15) is 9.59 Å². The molecule has 2 rings (SSSR count). The monoisotopic (exact) mass is 268 g/mol. The number of amides is 1. The fraction of sp³-hybridized carbons (Fsp3) is 0.857. The minimum absolute atomic E-state index is 0.0476. The van der Waals surface area contributed by atoms with E-state index in [0.29, 0.717) is 12.6 Å². The van der Waals surface area contributed by atoms with Crippen molar-refractivity contribution in [2.75, 3.05) is 13.6 Å². The number of carboxylic acids is 1. The average Bonchev–Trinajstić information content (AvgIpc) is 2.77. The van der Waals surface area contributed by atoms with Crippen molar-refractivity contribution < 1.29 is 14.7 Å². The van der Waals surface area contributed by atoms with Crippen LogP contribution in [0.5, 0.6) is 0 Å². The zero-order valence-electron chi connectivity index (χ0n) is 12.1. The van der Waals surface area contributed by atoms with E-state index in [1.54, 1.807) is 11.9 Å². The number of carboxylic acid groups (broad SMARTS) is 1. The molecule has 0 bridgehead atoms. The second-order valence-electron chi connectivity index (χ2n) is 6.47. The SMILES string of the molecule is CN1CC(C)(C)N(C2CCCC2)C(CC(=O)O)C1=O. The molecule has 1 aliphatic carbocycles. The number of likely N-dealkylation sites (N-methyl/N-ethyl adjacent to an activating group) is 1. The molecule has 5 heteroatoms. The lowest BCUT2D eigenvalue weighted by Crippen LogP contribution is -2.68. The zero-order valence-corrected chi connectivity index (χ0v) is 12.1. The molecule has 1 amide bonds. The summed E-state index contributed by atoms with van der Waals surface area (Å²) in [7, 11) is 1.77. The second kappa shape index (κ2) is 5.12. The summed E-state index contributed by atoms with van der Waals surface area (Å²) in [6.45, 7) is 4.89. The molecule has 0 radical (unpaired) electrons. The van der Waals surface area contributed by atoms with Gasteiger partial charge in [-0.2, -0.15) is 0 Å². The van der Waals surface area contributed by atoms with E-state index in [1.807, 2.05) is 0 Å². The number of carbonyl (C=O) groups excluding carboxylic acids is 1. The van der Waals surface area contributed by atoms with Crippen molar-refractivity contribution in [1.82, 2.24) is 9.80 Å². The van der Waals surface area contributed by atoms with Gasteiger partial charge in [-0.15, -0.1) is 0 Å². The molecule has 2 fully saturated rings. The van der Waals surface area contributed by atoms with Crippen LogP contribution in [0.3, 0.4) is 0 Å². The first-order chi connectivity index (χ1) is 8.83. The molecular formula is C14H24N2O3. The Balaban J connectivity index is 2.29. The first kappa shape index (κ1) is 14.3. The maximum atomic E-state index is 12.3. The quantitative estimate of drug-likeness (QED) is 0.838. The highest BCUT2D eigenvalue weighted by Crippen LogP contribution is 2.35. The maximum absolute atomic E-state index is 12.3. The fourth-order valence-corrected chi connectivity index (χ4v) is 3.82. The van der Waals surface area contributed by atoms with E-state index in [1.165, 1.54) is 12.8 Å². The first-order valence-electron chi connectivity index (χ1n) is 7.08. The summed E-state index contributed by atoms with van der Waals surface area (Å²) in [6, 6.07) is -0.147. The van der Waals surface area contributed by atoms with Gasteiger partial charge in [-0.25, -0.2) is 0 Å². The van der Waals surface area contributed by atoms with Gasteiger partial charge in [0.1, 0.15) is 6.04 Å². The van der Waals surface area contributed by atoms with Crippen molar-refractivity contribution in [3.8, 4) is 0 Å². The predicted octanol–water partition coefficient (Wildman–Crippen LogP) is 1.32. The lowest BCUT2D eigenvalue weighted by atomic mass is 9.90. The number of piperazine rings is 1. The van der Waals surface area contributed by atoms with Crippen molar-refractivity contribution in [1.29, 1.82) is 0 Å². The standard InChI is InChI=1S/C14H24N2O3/c1-14(2)9-15(3)13(19)11(8-12(17)18)16(14)10-6-4-5-7-10/h10-11H,4-9H2,1-3H3,(H,17,18). The van der Waals surface area contributed by atoms with Gasteiger partial charge >= 0.3 is 5.97 Å². The smallest absolute Gasteiger partial charge is 0.305 e. The van der Waals surface area contributed by atoms with E-state index in [2.05, 4.69) is 18.7 Å². The Bertz CT molecular complexity index is 375. The van der Waals surface area contributed by atoms with Gasteiger partial charge < -0.3 is 10.0 Å². The van der Waals surface area contributed by atoms with E-state index in [4.69, 9.17) is 5.11 Å². The second-order valence-corrected chi connectivity index (χ2v) is 6.47. The molecule has 108 valence electrons. The van der Waals surface area contributed by atoms with Gasteiger partial charge in [-0.3, -0.25) is 14.5 Å². The Hall–Kier alpha value is -1.10. The van der Waals surface area contributed by atoms with Crippen molar-refractivity contribution >= 4 is 11.9 Å². The summed E-state index contributed by atoms with van der Waals surface area (Å²) in [4.78, 5) is 27.3. The molecule has 1 heterocycles. The van der Waals surface area contributed by atoms with Crippen LogP contribution in [0, 0.1) is 0 Å². The number of hydrogen-bond donors (Lipinski definition) is 1. The maximum Gasteiger partial charge on any atom is 0.305 e. The minimum Gasteiger partial charge on any atom is -0.481 e. The lowest BCUT2D eigenvalue weighted by molar-refractivity contribution is -0.157. The lowest BCUT2D eigenvalue weighted by Gasteiger charge is -2.52. The van der Waals surface area contributed by atoms with Crippen LogP contribution >= 0.6 is 0 Å². The molecular weight excluding hydrogens is 244 g/mol. The molecule has 0 aromatic rings. The van der Waals surface area contributed by atoms with Crippen molar-refractivity contribution in [2.45, 2.75) is 63.6 Å². The van der Waals surface area contributed by atoms with Gasteiger partial charge in [0.15, 0.2) is 0 Å². The van der Waals surface area contributed by atoms with E-state index < -0.39 is 12.0 Å². The van der Waals surface area contributed by atoms with Crippen LogP contribution in [-0.4, -0.2) is 58.0 Å². The topological polar surface area (TPSA) is 60.9 Å². The van der Waals surface area contributed by atoms with Crippen molar-refractivity contribution in [3.05, 3.63) is 0 Å². The van der Waals surface area contributed by atoms with Crippen LogP contribution < -0.4 is 0 Å². The fourth-order valence-electron chi connectivity index (χ4n) is 3.82. The highest BCUT2D eigenvalue weighted by Gasteiger charge is 2.47. The van der Waals surface area contributed by atoms with Gasteiger partial charge in [-0.05, 0) is 26.7 Å². The van der Waals surface area contributed by atoms with Crippen LogP contribution in [0.25, 0.3) is 0 Å². The molecule has 1 unspecified atom stereocenters. The molecule has 19 heavy (non-hydrogen) atoms. The van der Waals surface area contributed by atoms with Crippen LogP contribution in [0.15, 0.2) is 0 Å². The van der Waals surface area contributed by atoms with Gasteiger partial charge in [0.05, 0.1) is 6.42 Å². The molecule has 1 saturated carbocycles. The Morgan fingerprint density at radius 1 is 1.37 bits per heavy atom. The highest BCUT2D eigenvalue weighted by atomic mass is 16.4. The molecule has 1 atom stereocenters. The first-order valence-corrected chi connectivity index (χ1v) is 7.08. The molecule has 5 nitrogen and oxygen atoms in total. The molecule has 1 N–H and O–H groups in total. The number of nitrogens with zero attached hydrogens (tertiary/aromatic N) is 2. The van der Waals surface area contributed by atoms with Gasteiger partial charge in [0.2, 0.25) is 5.91 Å². The number of aliphatic carboxylic acids is 1. The van der Waals surface area contributed by atoms with Gasteiger partial charge in [0, 0.05) is 25.2 Å². The van der Waals surface area contributed by atoms with Crippen molar-refractivity contribution in [2.24, 2.45) is 0 Å². The Kier molecular flexibility index (Phi) is 3.85. The number of hydrogen-bond acceptors (Lipinski definition) is 3. The summed E-state index contributed by atoms with van der Waals surface area (Å²) in [5.41, 5.74) is -0.155. The largest absolute Gasteiger partial charge is 0.481 e. The summed E-state index contributed by atoms with van der Waals surface area (Å²) in [6.07, 6.45) is 4.43. The van der Waals surface area contributed by atoms with Crippen LogP contribution in [0.2, 0.25) is 0 Å². The molecule has 0 spiro atoms. The molecule has 0 aromatic heterocycles. The summed E-state index contributed by atoms with van der Waals surface area (Å²) in [5, 5.41) is 9.10. The zero-order chi connectivity index (χ0) is 14.2. The summed E-state index contributed by atoms with van der Waals surface area (Å²) < 4.78 is 0. The summed E-state index contributed by atoms with van der Waals surface area (Å²) >= 11 is 0. The molecule has 1 aliphatic heterocycles. The average molecular weight is 268 g/mol. The number of carbonyl (C=O) groups is 2. The van der Waals surface area contributed by atoms with Crippen LogP contribution in [-0.2, 0) is 9.59 Å². The molecule has 0 aromatic carbocycles. The third-order valence-electron chi connectivity index (χ3n) is 4.41. The van der Waals surface area contributed by atoms with Crippen molar-refractivity contribution in [3.63, 3.8) is 0 Å². The van der Waals surface area contributed by atoms with E-state index in [0.717, 1.165) is 12.8 Å². The Morgan fingerprint density at radius 2 is 1.95 bits per heavy atom. The molecule has 2 aliphatic rings. The molecule has 1 saturated heterocycles. The number of rotatable bonds is 3. The third-order valence-corrected chi connectivity index (χ3v) is 4.41. The van der Waals surface area contributed by atoms with Gasteiger partial charge in [0.25, 0.3) is 0 Å². The van der Waals surface area contributed by atoms with E-state index in [-0.39, 0.29) is 17.9 Å². The summed E-state index contributed by atoms with van der Waals surface area (Å²) in [5.74, 6) is -0.943. The Morgan fingerprint density at radius 3 is 2.47 bits per heavy atom. The van der Waals surface area contributed by atoms with Crippen LogP contribution in [0.1, 0.15) is 46.0 Å². The van der Waals surface area contributed by atoms with Crippen LogP contribution in [0.4, 0.5) is 0 Å². The third kappa shape index (κ3) is 2.76. The highest BCUT2D eigenvalue weighted by molar-refractivity contribution is 5.87.